The van der Waals surface area contributed by atoms with E-state index in [9.17, 15) is 9.59 Å². The van der Waals surface area contributed by atoms with Gasteiger partial charge in [0.15, 0.2) is 0 Å². The van der Waals surface area contributed by atoms with Gasteiger partial charge in [0.2, 0.25) is 0 Å². The molecule has 7 nitrogen and oxygen atoms in total. The molecule has 2 aromatic carbocycles. The summed E-state index contributed by atoms with van der Waals surface area (Å²) in [6.07, 6.45) is 7.96. The van der Waals surface area contributed by atoms with Crippen LogP contribution in [0.4, 0.5) is 0 Å². The van der Waals surface area contributed by atoms with Crippen LogP contribution in [-0.2, 0) is 4.79 Å². The van der Waals surface area contributed by atoms with E-state index in [0.29, 0.717) is 34.8 Å². The lowest BCUT2D eigenvalue weighted by atomic mass is 9.77. The van der Waals surface area contributed by atoms with Crippen LogP contribution in [-0.4, -0.2) is 35.7 Å². The highest BCUT2D eigenvalue weighted by atomic mass is 79.9. The third kappa shape index (κ3) is 4.31. The average molecular weight is 570 g/mol. The van der Waals surface area contributed by atoms with Gasteiger partial charge in [-0.05, 0) is 47.5 Å². The van der Waals surface area contributed by atoms with Crippen molar-refractivity contribution in [1.29, 1.82) is 0 Å². The zero-order valence-corrected chi connectivity index (χ0v) is 22.1. The molecular weight excluding hydrogens is 546 g/mol. The predicted octanol–water partition coefficient (Wildman–Crippen LogP) is 5.65. The van der Waals surface area contributed by atoms with E-state index in [4.69, 9.17) is 14.3 Å². The number of methoxy groups -OCH3 is 1. The lowest BCUT2D eigenvalue weighted by Crippen LogP contribution is -2.46. The van der Waals surface area contributed by atoms with E-state index < -0.39 is 6.04 Å². The summed E-state index contributed by atoms with van der Waals surface area (Å²) in [7, 11) is 1.58. The number of rotatable bonds is 5. The van der Waals surface area contributed by atoms with Gasteiger partial charge in [-0.25, -0.2) is 5.01 Å². The fourth-order valence-corrected chi connectivity index (χ4v) is 5.65. The predicted molar refractivity (Wildman–Crippen MR) is 148 cm³/mol. The number of halogens is 1. The van der Waals surface area contributed by atoms with Crippen LogP contribution in [0.5, 0.6) is 5.75 Å². The second kappa shape index (κ2) is 9.95. The van der Waals surface area contributed by atoms with Crippen molar-refractivity contribution < 1.29 is 18.7 Å². The molecule has 0 saturated heterocycles. The topological polar surface area (TPSA) is 84.1 Å². The number of fused-ring (bicyclic) bond motifs is 1. The van der Waals surface area contributed by atoms with Gasteiger partial charge in [0.1, 0.15) is 17.6 Å². The third-order valence-electron chi connectivity index (χ3n) is 7.02. The van der Waals surface area contributed by atoms with Gasteiger partial charge in [-0.3, -0.25) is 9.59 Å². The summed E-state index contributed by atoms with van der Waals surface area (Å²) < 4.78 is 11.9. The average Bonchev–Trinajstić information content (AvgIpc) is 3.63. The summed E-state index contributed by atoms with van der Waals surface area (Å²) in [5.41, 5.74) is 3.32. The number of hydrogen-bond acceptors (Lipinski definition) is 5. The molecule has 0 saturated carbocycles. The highest BCUT2D eigenvalue weighted by Gasteiger charge is 2.42. The Labute approximate surface area is 228 Å². The summed E-state index contributed by atoms with van der Waals surface area (Å²) >= 11 is 3.60. The summed E-state index contributed by atoms with van der Waals surface area (Å²) in [4.78, 5) is 27.3. The number of ether oxygens (including phenoxy) is 1. The summed E-state index contributed by atoms with van der Waals surface area (Å²) in [5, 5.41) is 9.35. The van der Waals surface area contributed by atoms with Crippen LogP contribution in [0.2, 0.25) is 0 Å². The molecule has 3 aliphatic rings. The Morgan fingerprint density at radius 2 is 1.89 bits per heavy atom. The fourth-order valence-electron chi connectivity index (χ4n) is 5.22. The Balaban J connectivity index is 1.48. The molecule has 190 valence electrons. The van der Waals surface area contributed by atoms with Crippen LogP contribution in [0.1, 0.15) is 34.1 Å². The monoisotopic (exact) mass is 569 g/mol. The first-order valence-electron chi connectivity index (χ1n) is 12.3. The van der Waals surface area contributed by atoms with E-state index in [1.54, 1.807) is 43.7 Å². The van der Waals surface area contributed by atoms with Crippen LogP contribution in [0.15, 0.2) is 111 Å². The van der Waals surface area contributed by atoms with Crippen molar-refractivity contribution in [2.24, 2.45) is 11.0 Å². The second-order valence-electron chi connectivity index (χ2n) is 9.25. The maximum absolute atomic E-state index is 13.7. The molecule has 0 fully saturated rings. The van der Waals surface area contributed by atoms with Gasteiger partial charge in [-0.15, -0.1) is 0 Å². The van der Waals surface area contributed by atoms with Crippen molar-refractivity contribution in [2.45, 2.75) is 18.5 Å². The van der Waals surface area contributed by atoms with Gasteiger partial charge in [0.25, 0.3) is 11.8 Å². The molecule has 1 aliphatic carbocycles. The standard InChI is InChI=1S/C30H24BrN3O4/c1-37-21-12-9-19(10-13-21)30(36)34-25(26-8-5-15-38-26)17-24(33-34)28-27(18-6-3-2-4-7-18)22-16-20(31)11-14-23(22)32-29(28)35/h2-16,22-23,25H,17H2,1H3,(H,32,35)/t22-,23+,25-/m1/s1. The summed E-state index contributed by atoms with van der Waals surface area (Å²) in [5.74, 6) is 0.659. The Morgan fingerprint density at radius 3 is 2.61 bits per heavy atom. The molecule has 2 amide bonds. The largest absolute Gasteiger partial charge is 0.497 e. The molecule has 6 rings (SSSR count). The van der Waals surface area contributed by atoms with Gasteiger partial charge in [0.05, 0.1) is 30.7 Å². The molecule has 8 heteroatoms. The van der Waals surface area contributed by atoms with Crippen molar-refractivity contribution in [3.05, 3.63) is 118 Å². The van der Waals surface area contributed by atoms with Crippen LogP contribution in [0.3, 0.4) is 0 Å². The SMILES string of the molecule is COc1ccc(C(=O)N2N=C(C3=C(c4ccccc4)[C@@H]4C=C(Br)C=C[C@@H]4NC3=O)C[C@@H]2c2ccco2)cc1. The van der Waals surface area contributed by atoms with Gasteiger partial charge < -0.3 is 14.5 Å². The fraction of sp³-hybridized carbons (Fsp3) is 0.167. The minimum absolute atomic E-state index is 0.0967. The molecular formula is C30H24BrN3O4. The molecule has 3 heterocycles. The van der Waals surface area contributed by atoms with Crippen LogP contribution in [0, 0.1) is 5.92 Å². The molecule has 3 atom stereocenters. The Bertz CT molecular complexity index is 1500. The zero-order valence-electron chi connectivity index (χ0n) is 20.5. The van der Waals surface area contributed by atoms with Crippen molar-refractivity contribution in [1.82, 2.24) is 10.3 Å². The number of allylic oxidation sites excluding steroid dienone is 2. The lowest BCUT2D eigenvalue weighted by molar-refractivity contribution is -0.117. The number of nitrogens with one attached hydrogen (secondary N) is 1. The van der Waals surface area contributed by atoms with Gasteiger partial charge in [-0.1, -0.05) is 64.5 Å². The third-order valence-corrected chi connectivity index (χ3v) is 7.55. The molecule has 1 aromatic heterocycles. The molecule has 2 aliphatic heterocycles. The first-order chi connectivity index (χ1) is 18.5. The second-order valence-corrected chi connectivity index (χ2v) is 10.2. The quantitative estimate of drug-likeness (QED) is 0.430. The van der Waals surface area contributed by atoms with Gasteiger partial charge >= 0.3 is 0 Å². The lowest BCUT2D eigenvalue weighted by Gasteiger charge is -2.35. The molecule has 0 unspecified atom stereocenters. The summed E-state index contributed by atoms with van der Waals surface area (Å²) in [6.45, 7) is 0. The molecule has 3 aromatic rings. The number of furan rings is 1. The summed E-state index contributed by atoms with van der Waals surface area (Å²) in [6, 6.07) is 19.7. The van der Waals surface area contributed by atoms with Crippen molar-refractivity contribution in [2.75, 3.05) is 7.11 Å². The number of amides is 2. The van der Waals surface area contributed by atoms with E-state index in [1.165, 1.54) is 5.01 Å². The highest BCUT2D eigenvalue weighted by molar-refractivity contribution is 9.11. The number of carbonyl (C=O) groups excluding carboxylic acids is 2. The van der Waals surface area contributed by atoms with Gasteiger partial charge in [0, 0.05) is 22.4 Å². The number of benzene rings is 2. The molecule has 1 N–H and O–H groups in total. The highest BCUT2D eigenvalue weighted by Crippen LogP contribution is 2.42. The van der Waals surface area contributed by atoms with E-state index in [0.717, 1.165) is 15.6 Å². The van der Waals surface area contributed by atoms with Crippen LogP contribution in [0.25, 0.3) is 5.57 Å². The number of nitrogens with zero attached hydrogens (tertiary/aromatic N) is 2. The molecule has 0 bridgehead atoms. The molecule has 0 spiro atoms. The molecule has 38 heavy (non-hydrogen) atoms. The van der Waals surface area contributed by atoms with Crippen molar-refractivity contribution in [3.8, 4) is 5.75 Å². The van der Waals surface area contributed by atoms with Crippen molar-refractivity contribution >= 4 is 39.0 Å². The van der Waals surface area contributed by atoms with Crippen LogP contribution >= 0.6 is 15.9 Å². The van der Waals surface area contributed by atoms with E-state index in [2.05, 4.69) is 27.3 Å². The number of carbonyl (C=O) groups is 2. The normalized spacial score (nSPS) is 22.5. The Kier molecular flexibility index (Phi) is 6.33. The van der Waals surface area contributed by atoms with E-state index in [1.807, 2.05) is 48.6 Å². The Morgan fingerprint density at radius 1 is 1.11 bits per heavy atom. The zero-order chi connectivity index (χ0) is 26.2. The van der Waals surface area contributed by atoms with Crippen molar-refractivity contribution in [3.63, 3.8) is 0 Å². The first-order valence-corrected chi connectivity index (χ1v) is 13.1. The first kappa shape index (κ1) is 24.2. The number of hydrogen-bond donors (Lipinski definition) is 1. The van der Waals surface area contributed by atoms with Crippen LogP contribution < -0.4 is 10.1 Å². The minimum Gasteiger partial charge on any atom is -0.497 e. The minimum atomic E-state index is -0.488. The van der Waals surface area contributed by atoms with Gasteiger partial charge in [-0.2, -0.15) is 5.10 Å². The van der Waals surface area contributed by atoms with E-state index in [-0.39, 0.29) is 23.8 Å². The smallest absolute Gasteiger partial charge is 0.274 e. The maximum atomic E-state index is 13.7. The molecule has 0 radical (unpaired) electrons. The van der Waals surface area contributed by atoms with E-state index >= 15 is 0 Å². The number of hydrazone groups is 1. The Hall–Kier alpha value is -4.17. The maximum Gasteiger partial charge on any atom is 0.274 e.